The van der Waals surface area contributed by atoms with Crippen molar-refractivity contribution in [3.8, 4) is 124 Å². The molecule has 0 fully saturated rings. The van der Waals surface area contributed by atoms with E-state index in [4.69, 9.17) is 50.3 Å². The van der Waals surface area contributed by atoms with Gasteiger partial charge in [-0.1, -0.05) is 341 Å². The third kappa shape index (κ3) is 13.9. The van der Waals surface area contributed by atoms with E-state index in [1.165, 1.54) is 35.8 Å². The molecule has 0 spiro atoms. The summed E-state index contributed by atoms with van der Waals surface area (Å²) < 4.78 is 18.7. The molecule has 22 aromatic rings. The SMILES string of the molecule is C.Clc1ccc(-c2nc(-c3ccccc3)nc(-c3ccccc3)n2)c2oc3c(-c4ccccc4)cc(-c4ccccc4)cc3c12.OB(O)c1cccc2c1sc1ccccc12.c1ccc(-c2cc(-c3ccccc3)c3oc4c(-c5nc(-c6ccccc6)nc(-c6ccccc6)n5)ccc(-c5cccc6c5sc5ccccc56)c4c3c2)cc1. The molecule has 0 amide bonds. The van der Waals surface area contributed by atoms with Gasteiger partial charge in [-0.15, -0.1) is 22.7 Å². The second kappa shape index (κ2) is 31.7. The fourth-order valence-corrected chi connectivity index (χ4v) is 18.3. The summed E-state index contributed by atoms with van der Waals surface area (Å²) in [6.45, 7) is 0. The topological polar surface area (TPSA) is 144 Å². The lowest BCUT2D eigenvalue weighted by Gasteiger charge is -2.11. The van der Waals surface area contributed by atoms with Crippen LogP contribution in [0.2, 0.25) is 5.02 Å². The molecule has 10 nitrogen and oxygen atoms in total. The molecule has 16 aromatic carbocycles. The zero-order chi connectivity index (χ0) is 77.6. The fourth-order valence-electron chi connectivity index (χ4n) is 15.5. The van der Waals surface area contributed by atoms with Crippen LogP contribution in [0.1, 0.15) is 7.43 Å². The molecule has 0 saturated heterocycles. The van der Waals surface area contributed by atoms with Crippen LogP contribution in [0.25, 0.3) is 208 Å². The number of rotatable bonds is 12. The van der Waals surface area contributed by atoms with E-state index in [2.05, 4.69) is 182 Å². The average Bonchev–Trinajstić information content (AvgIpc) is 1.58. The van der Waals surface area contributed by atoms with E-state index in [9.17, 15) is 10.0 Å². The Balaban J connectivity index is 0.000000132. The van der Waals surface area contributed by atoms with Crippen LogP contribution in [0.5, 0.6) is 0 Å². The number of aromatic nitrogens is 6. The second-order valence-corrected chi connectivity index (χ2v) is 30.7. The maximum Gasteiger partial charge on any atom is 0.489 e. The minimum atomic E-state index is -1.41. The van der Waals surface area contributed by atoms with E-state index in [-0.39, 0.29) is 7.43 Å². The molecule has 0 aliphatic heterocycles. The van der Waals surface area contributed by atoms with Crippen molar-refractivity contribution in [1.29, 1.82) is 0 Å². The number of nitrogens with zero attached hydrogens (tertiary/aromatic N) is 6. The van der Waals surface area contributed by atoms with Crippen LogP contribution >= 0.6 is 34.3 Å². The number of benzene rings is 16. The van der Waals surface area contributed by atoms with Gasteiger partial charge in [0.25, 0.3) is 0 Å². The summed E-state index contributed by atoms with van der Waals surface area (Å²) in [7, 11) is -1.41. The summed E-state index contributed by atoms with van der Waals surface area (Å²) >= 11 is 10.4. The first kappa shape index (κ1) is 73.1. The molecule has 6 aromatic heterocycles. The Hall–Kier alpha value is -14.1. The molecule has 0 unspecified atom stereocenters. The Labute approximate surface area is 687 Å². The van der Waals surface area contributed by atoms with Gasteiger partial charge in [-0.25, -0.2) is 29.9 Å². The first-order valence-corrected chi connectivity index (χ1v) is 40.1. The fraction of sp³-hybridized carbons (Fsp3) is 0.00971. The predicted molar refractivity (Wildman–Crippen MR) is 488 cm³/mol. The zero-order valence-electron chi connectivity index (χ0n) is 62.0. The molecule has 0 saturated carbocycles. The van der Waals surface area contributed by atoms with Gasteiger partial charge in [0, 0.05) is 95.4 Å². The van der Waals surface area contributed by atoms with Crippen molar-refractivity contribution in [2.45, 2.75) is 7.43 Å². The Bertz CT molecular complexity index is 7310. The van der Waals surface area contributed by atoms with Gasteiger partial charge in [-0.2, -0.15) is 0 Å². The lowest BCUT2D eigenvalue weighted by Crippen LogP contribution is -2.29. The van der Waals surface area contributed by atoms with Crippen LogP contribution in [0.4, 0.5) is 0 Å². The average molecular weight is 1560 g/mol. The van der Waals surface area contributed by atoms with Gasteiger partial charge >= 0.3 is 7.12 Å². The molecule has 22 rings (SSSR count). The lowest BCUT2D eigenvalue weighted by atomic mass is 9.80. The maximum absolute atomic E-state index is 9.31. The predicted octanol–water partition coefficient (Wildman–Crippen LogP) is 27.3. The molecule has 0 bridgehead atoms. The minimum Gasteiger partial charge on any atom is -0.455 e. The smallest absolute Gasteiger partial charge is 0.455 e. The number of thiophene rings is 2. The Morgan fingerprint density at radius 3 is 0.991 bits per heavy atom. The van der Waals surface area contributed by atoms with E-state index in [1.54, 1.807) is 17.4 Å². The number of hydrogen-bond acceptors (Lipinski definition) is 12. The molecule has 14 heteroatoms. The van der Waals surface area contributed by atoms with Crippen molar-refractivity contribution in [3.63, 3.8) is 0 Å². The monoisotopic (exact) mass is 1560 g/mol. The van der Waals surface area contributed by atoms with Crippen LogP contribution in [-0.2, 0) is 0 Å². The minimum absolute atomic E-state index is 0. The maximum atomic E-state index is 9.31. The summed E-state index contributed by atoms with van der Waals surface area (Å²) in [5.74, 6) is 3.46. The van der Waals surface area contributed by atoms with Gasteiger partial charge in [0.1, 0.15) is 22.3 Å². The Morgan fingerprint density at radius 2 is 0.564 bits per heavy atom. The third-order valence-corrected chi connectivity index (χ3v) is 23.8. The normalized spacial score (nSPS) is 11.3. The second-order valence-electron chi connectivity index (χ2n) is 28.2. The van der Waals surface area contributed by atoms with Gasteiger partial charge in [0.15, 0.2) is 34.9 Å². The van der Waals surface area contributed by atoms with Crippen molar-refractivity contribution < 1.29 is 18.9 Å². The van der Waals surface area contributed by atoms with E-state index in [0.717, 1.165) is 132 Å². The van der Waals surface area contributed by atoms with Crippen LogP contribution in [0, 0.1) is 0 Å². The first-order chi connectivity index (χ1) is 57.3. The van der Waals surface area contributed by atoms with Crippen LogP contribution in [0.15, 0.2) is 385 Å². The highest BCUT2D eigenvalue weighted by atomic mass is 35.5. The van der Waals surface area contributed by atoms with Gasteiger partial charge in [0.2, 0.25) is 0 Å². The standard InChI is InChI=1S/C51H31N3OS.C39H24ClN3O.C12H9BO2S.CH4/c1-5-16-32(17-6-1)36-30-42(33-18-7-2-8-19-33)46-43(31-36)45-38(40-26-15-25-39-37-24-13-14-27-44(37)56-48(39)40)28-29-41(47(45)55-46)51-53-49(34-20-9-3-10-21-34)52-50(54-51)35-22-11-4-12-23-35;40-33-22-21-30(39-42-37(27-17-9-3-10-18-27)41-38(43-39)28-19-11-4-12-20-28)36-34(33)32-24-29(25-13-5-1-6-14-25)23-31(35(32)44-36)26-15-7-2-8-16-26;14-13(15)10-6-3-5-9-8-4-1-2-7-11(8)16-12(9)10;/h1-31H;1-24H;1-7,14-15H;1H4. The highest BCUT2D eigenvalue weighted by molar-refractivity contribution is 7.27. The molecule has 6 heterocycles. The largest absolute Gasteiger partial charge is 0.489 e. The lowest BCUT2D eigenvalue weighted by molar-refractivity contribution is 0.426. The van der Waals surface area contributed by atoms with E-state index < -0.39 is 7.12 Å². The summed E-state index contributed by atoms with van der Waals surface area (Å²) in [4.78, 5) is 30.1. The molecule has 0 radical (unpaired) electrons. The number of hydrogen-bond donors (Lipinski definition) is 2. The molecule has 117 heavy (non-hydrogen) atoms. The zero-order valence-corrected chi connectivity index (χ0v) is 64.4. The van der Waals surface area contributed by atoms with Crippen molar-refractivity contribution in [1.82, 2.24) is 29.9 Å². The van der Waals surface area contributed by atoms with E-state index in [1.807, 2.05) is 199 Å². The number of halogens is 1. The van der Waals surface area contributed by atoms with Gasteiger partial charge in [0.05, 0.1) is 16.1 Å². The van der Waals surface area contributed by atoms with Gasteiger partial charge in [-0.05, 0) is 104 Å². The molecular formula is C103H68BClN6O4S2. The Morgan fingerprint density at radius 1 is 0.239 bits per heavy atom. The van der Waals surface area contributed by atoms with Crippen molar-refractivity contribution in [3.05, 3.63) is 381 Å². The summed E-state index contributed by atoms with van der Waals surface area (Å²) in [6, 6.07) is 128. The summed E-state index contributed by atoms with van der Waals surface area (Å²) in [5, 5.41) is 27.8. The van der Waals surface area contributed by atoms with Crippen LogP contribution in [-0.4, -0.2) is 47.1 Å². The van der Waals surface area contributed by atoms with Crippen molar-refractivity contribution in [2.24, 2.45) is 0 Å². The molecule has 2 N–H and O–H groups in total. The molecule has 0 atom stereocenters. The summed E-state index contributed by atoms with van der Waals surface area (Å²) in [6.07, 6.45) is 0. The van der Waals surface area contributed by atoms with Crippen LogP contribution < -0.4 is 5.46 Å². The van der Waals surface area contributed by atoms with E-state index >= 15 is 0 Å². The molecular weight excluding hydrogens is 1500 g/mol. The summed E-state index contributed by atoms with van der Waals surface area (Å²) in [5.41, 5.74) is 19.6. The third-order valence-electron chi connectivity index (χ3n) is 21.1. The highest BCUT2D eigenvalue weighted by Crippen LogP contribution is 2.50. The molecule has 0 aliphatic carbocycles. The van der Waals surface area contributed by atoms with Crippen LogP contribution in [0.3, 0.4) is 0 Å². The van der Waals surface area contributed by atoms with Crippen molar-refractivity contribution in [2.75, 3.05) is 0 Å². The highest BCUT2D eigenvalue weighted by Gasteiger charge is 2.27. The number of fused-ring (bicyclic) bond motifs is 12. The van der Waals surface area contributed by atoms with Gasteiger partial charge in [-0.3, -0.25) is 0 Å². The number of furan rings is 2. The molecule has 556 valence electrons. The Kier molecular flexibility index (Phi) is 19.8. The quantitative estimate of drug-likeness (QED) is 0.113. The molecule has 0 aliphatic rings. The van der Waals surface area contributed by atoms with Crippen molar-refractivity contribution >= 4 is 131 Å². The van der Waals surface area contributed by atoms with E-state index in [0.29, 0.717) is 51.0 Å². The first-order valence-electron chi connectivity index (χ1n) is 38.1. The van der Waals surface area contributed by atoms with Gasteiger partial charge < -0.3 is 18.9 Å².